The molecule has 0 N–H and O–H groups in total. The molecule has 2 aromatic heterocycles. The summed E-state index contributed by atoms with van der Waals surface area (Å²) in [4.78, 5) is 33.0. The van der Waals surface area contributed by atoms with Gasteiger partial charge in [-0.1, -0.05) is 29.8 Å². The quantitative estimate of drug-likeness (QED) is 0.489. The fourth-order valence-corrected chi connectivity index (χ4v) is 3.21. The number of benzene rings is 1. The van der Waals surface area contributed by atoms with Gasteiger partial charge in [0.15, 0.2) is 6.10 Å². The van der Waals surface area contributed by atoms with Crippen LogP contribution in [0.3, 0.4) is 0 Å². The summed E-state index contributed by atoms with van der Waals surface area (Å²) in [7, 11) is 0. The molecule has 132 valence electrons. The summed E-state index contributed by atoms with van der Waals surface area (Å²) in [5.74, 6) is -0.686. The molecule has 0 bridgehead atoms. The molecule has 0 aliphatic carbocycles. The van der Waals surface area contributed by atoms with Gasteiger partial charge in [0.25, 0.3) is 0 Å². The zero-order valence-corrected chi connectivity index (χ0v) is 15.3. The topological polar surface area (TPSA) is 69.2 Å². The van der Waals surface area contributed by atoms with E-state index in [9.17, 15) is 9.59 Å². The average Bonchev–Trinajstić information content (AvgIpc) is 3.10. The molecule has 0 unspecified atom stereocenters. The van der Waals surface area contributed by atoms with Gasteiger partial charge >= 0.3 is 5.97 Å². The van der Waals surface area contributed by atoms with Gasteiger partial charge in [-0.25, -0.2) is 4.98 Å². The van der Waals surface area contributed by atoms with E-state index < -0.39 is 12.1 Å². The van der Waals surface area contributed by atoms with Crippen LogP contribution >= 0.6 is 11.3 Å². The van der Waals surface area contributed by atoms with E-state index in [-0.39, 0.29) is 12.2 Å². The number of ketones is 1. The van der Waals surface area contributed by atoms with Gasteiger partial charge in [-0.2, -0.15) is 0 Å². The molecule has 26 heavy (non-hydrogen) atoms. The van der Waals surface area contributed by atoms with Crippen LogP contribution in [-0.4, -0.2) is 27.8 Å². The number of aryl methyl sites for hydroxylation is 1. The van der Waals surface area contributed by atoms with Gasteiger partial charge in [-0.05, 0) is 26.0 Å². The minimum atomic E-state index is -0.832. The summed E-state index contributed by atoms with van der Waals surface area (Å²) in [6.07, 6.45) is 2.62. The van der Waals surface area contributed by atoms with Crippen LogP contribution in [0, 0.1) is 6.92 Å². The highest BCUT2D eigenvalue weighted by molar-refractivity contribution is 7.13. The number of carbonyl (C=O) groups is 2. The molecule has 0 saturated carbocycles. The van der Waals surface area contributed by atoms with Crippen LogP contribution < -0.4 is 0 Å². The lowest BCUT2D eigenvalue weighted by atomic mass is 10.1. The summed E-state index contributed by atoms with van der Waals surface area (Å²) in [6, 6.07) is 10.9. The van der Waals surface area contributed by atoms with E-state index in [0.29, 0.717) is 11.3 Å². The van der Waals surface area contributed by atoms with Crippen LogP contribution in [0.15, 0.2) is 54.2 Å². The largest absolute Gasteiger partial charge is 0.454 e. The Balaban J connectivity index is 1.59. The number of nitrogens with zero attached hydrogens (tertiary/aromatic N) is 2. The van der Waals surface area contributed by atoms with E-state index in [0.717, 1.165) is 16.1 Å². The molecular formula is C20H18N2O3S. The van der Waals surface area contributed by atoms with Gasteiger partial charge in [0, 0.05) is 28.9 Å². The number of ether oxygens (including phenoxy) is 1. The molecule has 2 heterocycles. The molecule has 1 aromatic carbocycles. The first kappa shape index (κ1) is 17.9. The second-order valence-corrected chi connectivity index (χ2v) is 6.78. The van der Waals surface area contributed by atoms with Crippen molar-refractivity contribution in [1.82, 2.24) is 9.97 Å². The van der Waals surface area contributed by atoms with E-state index in [1.165, 1.54) is 11.3 Å². The summed E-state index contributed by atoms with van der Waals surface area (Å²) < 4.78 is 5.28. The molecule has 0 amide bonds. The number of aromatic nitrogens is 2. The maximum Gasteiger partial charge on any atom is 0.312 e. The minimum absolute atomic E-state index is 0.0300. The Morgan fingerprint density at radius 3 is 2.65 bits per heavy atom. The third-order valence-corrected chi connectivity index (χ3v) is 4.74. The molecule has 0 spiro atoms. The molecule has 3 rings (SSSR count). The summed E-state index contributed by atoms with van der Waals surface area (Å²) in [6.45, 7) is 3.54. The zero-order valence-electron chi connectivity index (χ0n) is 14.5. The maximum atomic E-state index is 12.3. The lowest BCUT2D eigenvalue weighted by molar-refractivity contribution is -0.145. The minimum Gasteiger partial charge on any atom is -0.454 e. The van der Waals surface area contributed by atoms with Gasteiger partial charge in [0.1, 0.15) is 5.01 Å². The number of Topliss-reactive ketones (excluding diaryl/α,β-unsaturated/α-hetero) is 1. The molecule has 0 fully saturated rings. The van der Waals surface area contributed by atoms with E-state index in [2.05, 4.69) is 9.97 Å². The van der Waals surface area contributed by atoms with Gasteiger partial charge in [-0.15, -0.1) is 11.3 Å². The maximum absolute atomic E-state index is 12.3. The van der Waals surface area contributed by atoms with Crippen molar-refractivity contribution in [2.75, 3.05) is 0 Å². The van der Waals surface area contributed by atoms with Crippen LogP contribution in [-0.2, 0) is 16.0 Å². The molecule has 0 saturated heterocycles. The Morgan fingerprint density at radius 1 is 1.19 bits per heavy atom. The predicted octanol–water partition coefficient (Wildman–Crippen LogP) is 3.87. The smallest absolute Gasteiger partial charge is 0.312 e. The van der Waals surface area contributed by atoms with Crippen molar-refractivity contribution in [3.8, 4) is 10.6 Å². The third kappa shape index (κ3) is 4.40. The molecule has 3 aromatic rings. The number of pyridine rings is 1. The predicted molar refractivity (Wildman–Crippen MR) is 100 cm³/mol. The van der Waals surface area contributed by atoms with Crippen molar-refractivity contribution in [1.29, 1.82) is 0 Å². The average molecular weight is 366 g/mol. The number of hydrogen-bond acceptors (Lipinski definition) is 6. The summed E-state index contributed by atoms with van der Waals surface area (Å²) >= 11 is 1.44. The first-order valence-corrected chi connectivity index (χ1v) is 9.06. The van der Waals surface area contributed by atoms with Crippen LogP contribution in [0.2, 0.25) is 0 Å². The molecule has 1 atom stereocenters. The normalized spacial score (nSPS) is 11.8. The number of rotatable bonds is 6. The second-order valence-electron chi connectivity index (χ2n) is 5.92. The van der Waals surface area contributed by atoms with Crippen LogP contribution in [0.25, 0.3) is 10.6 Å². The Kier molecular flexibility index (Phi) is 5.53. The molecular weight excluding hydrogens is 348 g/mol. The van der Waals surface area contributed by atoms with Gasteiger partial charge < -0.3 is 4.74 Å². The highest BCUT2D eigenvalue weighted by atomic mass is 32.1. The molecule has 0 aliphatic heterocycles. The SMILES string of the molecule is Cc1ccc(C(=O)[C@H](C)OC(=O)Cc2csc(-c3cccnc3)n2)cc1. The van der Waals surface area contributed by atoms with Gasteiger partial charge in [0.05, 0.1) is 12.1 Å². The Bertz CT molecular complexity index is 904. The Hall–Kier alpha value is -2.86. The Morgan fingerprint density at radius 2 is 1.96 bits per heavy atom. The second kappa shape index (κ2) is 8.01. The number of thiazole rings is 1. The first-order valence-electron chi connectivity index (χ1n) is 8.18. The monoisotopic (exact) mass is 366 g/mol. The Labute approximate surface area is 155 Å². The van der Waals surface area contributed by atoms with Crippen molar-refractivity contribution in [2.24, 2.45) is 0 Å². The van der Waals surface area contributed by atoms with E-state index in [1.807, 2.05) is 36.6 Å². The van der Waals surface area contributed by atoms with Crippen LogP contribution in [0.1, 0.15) is 28.5 Å². The van der Waals surface area contributed by atoms with E-state index >= 15 is 0 Å². The molecule has 0 aliphatic rings. The molecule has 0 radical (unpaired) electrons. The molecule has 5 nitrogen and oxygen atoms in total. The van der Waals surface area contributed by atoms with Gasteiger partial charge in [-0.3, -0.25) is 14.6 Å². The highest BCUT2D eigenvalue weighted by Gasteiger charge is 2.20. The van der Waals surface area contributed by atoms with Crippen LogP contribution in [0.4, 0.5) is 0 Å². The van der Waals surface area contributed by atoms with Crippen molar-refractivity contribution < 1.29 is 14.3 Å². The standard InChI is InChI=1S/C20H18N2O3S/c1-13-5-7-15(8-6-13)19(24)14(2)25-18(23)10-17-12-26-20(22-17)16-4-3-9-21-11-16/h3-9,11-12,14H,10H2,1-2H3/t14-/m0/s1. The summed E-state index contributed by atoms with van der Waals surface area (Å²) in [5.41, 5.74) is 3.12. The van der Waals surface area contributed by atoms with Crippen molar-refractivity contribution >= 4 is 23.1 Å². The third-order valence-electron chi connectivity index (χ3n) is 3.80. The summed E-state index contributed by atoms with van der Waals surface area (Å²) in [5, 5.41) is 2.61. The van der Waals surface area contributed by atoms with Crippen molar-refractivity contribution in [3.05, 3.63) is 71.0 Å². The lowest BCUT2D eigenvalue weighted by Gasteiger charge is -2.12. The van der Waals surface area contributed by atoms with Crippen molar-refractivity contribution in [2.45, 2.75) is 26.4 Å². The lowest BCUT2D eigenvalue weighted by Crippen LogP contribution is -2.25. The zero-order chi connectivity index (χ0) is 18.5. The van der Waals surface area contributed by atoms with E-state index in [4.69, 9.17) is 4.74 Å². The number of hydrogen-bond donors (Lipinski definition) is 0. The number of esters is 1. The fourth-order valence-electron chi connectivity index (χ4n) is 2.40. The van der Waals surface area contributed by atoms with Crippen molar-refractivity contribution in [3.63, 3.8) is 0 Å². The van der Waals surface area contributed by atoms with Gasteiger partial charge in [0.2, 0.25) is 5.78 Å². The molecule has 6 heteroatoms. The number of carbonyl (C=O) groups excluding carboxylic acids is 2. The highest BCUT2D eigenvalue weighted by Crippen LogP contribution is 2.23. The fraction of sp³-hybridized carbons (Fsp3) is 0.200. The first-order chi connectivity index (χ1) is 12.5. The van der Waals surface area contributed by atoms with E-state index in [1.54, 1.807) is 31.5 Å². The van der Waals surface area contributed by atoms with Crippen LogP contribution in [0.5, 0.6) is 0 Å².